The van der Waals surface area contributed by atoms with Gasteiger partial charge in [-0.25, -0.2) is 9.48 Å². The zero-order valence-corrected chi connectivity index (χ0v) is 13.2. The molecular formula is C17H14N2O3S. The summed E-state index contributed by atoms with van der Waals surface area (Å²) >= 11 is 1.52. The number of thiophene rings is 1. The van der Waals surface area contributed by atoms with Crippen LogP contribution in [0.1, 0.15) is 4.88 Å². The minimum atomic E-state index is -0.521. The number of hydrogen-bond acceptors (Lipinski definition) is 4. The summed E-state index contributed by atoms with van der Waals surface area (Å²) in [6.45, 7) is 0. The highest BCUT2D eigenvalue weighted by Gasteiger charge is 2.07. The van der Waals surface area contributed by atoms with Crippen LogP contribution in [0.4, 0.5) is 0 Å². The smallest absolute Gasteiger partial charge is 0.332 e. The third-order valence-electron chi connectivity index (χ3n) is 3.26. The van der Waals surface area contributed by atoms with Crippen LogP contribution in [0.3, 0.4) is 0 Å². The average Bonchev–Trinajstić information content (AvgIpc) is 3.19. The first kappa shape index (κ1) is 15.1. The van der Waals surface area contributed by atoms with E-state index >= 15 is 0 Å². The second kappa shape index (κ2) is 6.50. The summed E-state index contributed by atoms with van der Waals surface area (Å²) in [7, 11) is 1.30. The van der Waals surface area contributed by atoms with E-state index in [0.717, 1.165) is 4.88 Å². The summed E-state index contributed by atoms with van der Waals surface area (Å²) in [6.07, 6.45) is 3.04. The molecule has 0 bridgehead atoms. The Labute approximate surface area is 135 Å². The lowest BCUT2D eigenvalue weighted by molar-refractivity contribution is -0.133. The molecule has 0 aliphatic rings. The van der Waals surface area contributed by atoms with Crippen molar-refractivity contribution in [3.63, 3.8) is 0 Å². The molecule has 116 valence electrons. The molecule has 0 aliphatic carbocycles. The lowest BCUT2D eigenvalue weighted by Gasteiger charge is -1.99. The van der Waals surface area contributed by atoms with Gasteiger partial charge in [0.05, 0.1) is 23.4 Å². The topological polar surface area (TPSA) is 64.1 Å². The number of nitrogens with one attached hydrogen (secondary N) is 1. The van der Waals surface area contributed by atoms with E-state index in [9.17, 15) is 9.59 Å². The minimum absolute atomic E-state index is 0.222. The molecule has 0 atom stereocenters. The highest BCUT2D eigenvalue weighted by atomic mass is 32.1. The van der Waals surface area contributed by atoms with Gasteiger partial charge in [0, 0.05) is 11.0 Å². The Bertz CT molecular complexity index is 983. The van der Waals surface area contributed by atoms with Gasteiger partial charge in [0.2, 0.25) is 0 Å². The second-order valence-corrected chi connectivity index (χ2v) is 5.72. The van der Waals surface area contributed by atoms with Crippen LogP contribution in [0.15, 0.2) is 52.6 Å². The van der Waals surface area contributed by atoms with Crippen molar-refractivity contribution in [3.05, 3.63) is 73.6 Å². The summed E-state index contributed by atoms with van der Waals surface area (Å²) in [4.78, 5) is 25.2. The molecule has 23 heavy (non-hydrogen) atoms. The van der Waals surface area contributed by atoms with E-state index in [-0.39, 0.29) is 5.56 Å². The molecule has 5 nitrogen and oxygen atoms in total. The second-order valence-electron chi connectivity index (χ2n) is 4.74. The van der Waals surface area contributed by atoms with Gasteiger partial charge in [-0.15, -0.1) is 11.3 Å². The van der Waals surface area contributed by atoms with Crippen molar-refractivity contribution in [2.24, 2.45) is 0 Å². The number of ether oxygens (including phenoxy) is 1. The zero-order chi connectivity index (χ0) is 16.2. The molecule has 1 aromatic carbocycles. The number of carbonyl (C=O) groups excluding carboxylic acids is 1. The summed E-state index contributed by atoms with van der Waals surface area (Å²) < 4.78 is 6.07. The average molecular weight is 326 g/mol. The molecule has 0 saturated carbocycles. The molecule has 2 heterocycles. The fourth-order valence-corrected chi connectivity index (χ4v) is 2.83. The van der Waals surface area contributed by atoms with Crippen molar-refractivity contribution >= 4 is 29.5 Å². The van der Waals surface area contributed by atoms with E-state index in [2.05, 4.69) is 9.84 Å². The standard InChI is InChI=1S/C17H14N2O3S/c1-22-16(20)11-15-14(10-13-8-5-9-23-13)17(21)19(18-15)12-6-3-2-4-7-12/h2-11,18H,1H3. The predicted octanol–water partition coefficient (Wildman–Crippen LogP) is 1.01. The van der Waals surface area contributed by atoms with Crippen LogP contribution in [-0.2, 0) is 9.53 Å². The van der Waals surface area contributed by atoms with E-state index < -0.39 is 5.97 Å². The minimum Gasteiger partial charge on any atom is -0.466 e. The third kappa shape index (κ3) is 3.17. The fourth-order valence-electron chi connectivity index (χ4n) is 2.17. The first-order valence-corrected chi connectivity index (χ1v) is 7.78. The largest absolute Gasteiger partial charge is 0.466 e. The maximum atomic E-state index is 12.7. The normalized spacial score (nSPS) is 12.6. The van der Waals surface area contributed by atoms with Gasteiger partial charge in [-0.1, -0.05) is 24.3 Å². The summed E-state index contributed by atoms with van der Waals surface area (Å²) in [6, 6.07) is 13.0. The van der Waals surface area contributed by atoms with Crippen molar-refractivity contribution in [2.75, 3.05) is 7.11 Å². The van der Waals surface area contributed by atoms with E-state index in [1.165, 1.54) is 29.2 Å². The lowest BCUT2D eigenvalue weighted by atomic mass is 10.3. The Kier molecular flexibility index (Phi) is 4.25. The predicted molar refractivity (Wildman–Crippen MR) is 90.0 cm³/mol. The molecule has 0 aliphatic heterocycles. The van der Waals surface area contributed by atoms with Gasteiger partial charge in [-0.3, -0.25) is 9.89 Å². The Morgan fingerprint density at radius 3 is 2.65 bits per heavy atom. The molecular weight excluding hydrogens is 312 g/mol. The van der Waals surface area contributed by atoms with E-state index in [1.807, 2.05) is 47.8 Å². The molecule has 0 radical (unpaired) electrons. The van der Waals surface area contributed by atoms with Crippen LogP contribution < -0.4 is 16.1 Å². The molecule has 3 aromatic rings. The zero-order valence-electron chi connectivity index (χ0n) is 12.4. The molecule has 0 unspecified atom stereocenters. The molecule has 6 heteroatoms. The fraction of sp³-hybridized carbons (Fsp3) is 0.0588. The quantitative estimate of drug-likeness (QED) is 0.731. The number of H-pyrrole nitrogens is 1. The molecule has 1 N–H and O–H groups in total. The Morgan fingerprint density at radius 1 is 1.22 bits per heavy atom. The maximum absolute atomic E-state index is 12.7. The van der Waals surface area contributed by atoms with Gasteiger partial charge in [-0.2, -0.15) is 0 Å². The third-order valence-corrected chi connectivity index (χ3v) is 4.08. The van der Waals surface area contributed by atoms with Crippen LogP contribution in [0.2, 0.25) is 0 Å². The SMILES string of the molecule is COC(=O)C=c1[nH]n(-c2ccccc2)c(=O)c1=Cc1cccs1. The van der Waals surface area contributed by atoms with Crippen LogP contribution in [-0.4, -0.2) is 22.9 Å². The van der Waals surface area contributed by atoms with E-state index in [1.54, 1.807) is 6.08 Å². The highest BCUT2D eigenvalue weighted by molar-refractivity contribution is 7.10. The van der Waals surface area contributed by atoms with Crippen LogP contribution in [0.5, 0.6) is 0 Å². The molecule has 0 spiro atoms. The number of aromatic amines is 1. The molecule has 2 aromatic heterocycles. The molecule has 0 amide bonds. The van der Waals surface area contributed by atoms with E-state index in [0.29, 0.717) is 16.3 Å². The van der Waals surface area contributed by atoms with Crippen molar-refractivity contribution < 1.29 is 9.53 Å². The molecule has 0 saturated heterocycles. The van der Waals surface area contributed by atoms with Crippen molar-refractivity contribution in [3.8, 4) is 5.69 Å². The van der Waals surface area contributed by atoms with Crippen molar-refractivity contribution in [1.29, 1.82) is 0 Å². The number of nitrogens with zero attached hydrogens (tertiary/aromatic N) is 1. The summed E-state index contributed by atoms with van der Waals surface area (Å²) in [5.41, 5.74) is 0.475. The van der Waals surface area contributed by atoms with Crippen LogP contribution in [0, 0.1) is 0 Å². The number of benzene rings is 1. The number of methoxy groups -OCH3 is 1. The number of rotatable bonds is 3. The van der Waals surface area contributed by atoms with Gasteiger partial charge < -0.3 is 4.74 Å². The lowest BCUT2D eigenvalue weighted by Crippen LogP contribution is -2.35. The Hall–Kier alpha value is -2.86. The van der Waals surface area contributed by atoms with Gasteiger partial charge in [-0.05, 0) is 29.7 Å². The number of hydrogen-bond donors (Lipinski definition) is 1. The van der Waals surface area contributed by atoms with Gasteiger partial charge in [0.1, 0.15) is 0 Å². The summed E-state index contributed by atoms with van der Waals surface area (Å²) in [5.74, 6) is -0.521. The van der Waals surface area contributed by atoms with Gasteiger partial charge in [0.15, 0.2) is 0 Å². The first-order valence-electron chi connectivity index (χ1n) is 6.90. The Morgan fingerprint density at radius 2 is 2.00 bits per heavy atom. The first-order chi connectivity index (χ1) is 11.2. The monoisotopic (exact) mass is 326 g/mol. The van der Waals surface area contributed by atoms with Gasteiger partial charge >= 0.3 is 5.97 Å². The van der Waals surface area contributed by atoms with Gasteiger partial charge in [0.25, 0.3) is 5.56 Å². The van der Waals surface area contributed by atoms with Crippen molar-refractivity contribution in [1.82, 2.24) is 9.78 Å². The van der Waals surface area contributed by atoms with E-state index in [4.69, 9.17) is 0 Å². The molecule has 0 fully saturated rings. The summed E-state index contributed by atoms with van der Waals surface area (Å²) in [5, 5.41) is 5.73. The number of carbonyl (C=O) groups is 1. The highest BCUT2D eigenvalue weighted by Crippen LogP contribution is 2.08. The van der Waals surface area contributed by atoms with Crippen LogP contribution >= 0.6 is 11.3 Å². The number of esters is 1. The number of aromatic nitrogens is 2. The maximum Gasteiger partial charge on any atom is 0.332 e. The Balaban J connectivity index is 2.29. The number of para-hydroxylation sites is 1. The van der Waals surface area contributed by atoms with Crippen LogP contribution in [0.25, 0.3) is 17.8 Å². The van der Waals surface area contributed by atoms with Crippen molar-refractivity contribution in [2.45, 2.75) is 0 Å². The molecule has 3 rings (SSSR count).